The van der Waals surface area contributed by atoms with Crippen LogP contribution in [0.4, 0.5) is 21.8 Å². The molecule has 7 heteroatoms. The lowest BCUT2D eigenvalue weighted by Crippen LogP contribution is -2.09. The molecule has 2 aromatic carbocycles. The van der Waals surface area contributed by atoms with Gasteiger partial charge in [-0.15, -0.1) is 5.10 Å². The molecular weight excluding hydrogens is 341 g/mol. The van der Waals surface area contributed by atoms with Gasteiger partial charge in [-0.2, -0.15) is 10.1 Å². The third kappa shape index (κ3) is 4.64. The predicted molar refractivity (Wildman–Crippen MR) is 97.9 cm³/mol. The second-order valence-electron chi connectivity index (χ2n) is 5.52. The van der Waals surface area contributed by atoms with Crippen molar-refractivity contribution in [3.63, 3.8) is 0 Å². The van der Waals surface area contributed by atoms with Crippen molar-refractivity contribution in [2.24, 2.45) is 0 Å². The molecule has 128 valence electrons. The van der Waals surface area contributed by atoms with Crippen LogP contribution in [-0.2, 0) is 6.42 Å². The van der Waals surface area contributed by atoms with E-state index in [-0.39, 0.29) is 5.82 Å². The fourth-order valence-corrected chi connectivity index (χ4v) is 2.45. The minimum atomic E-state index is -0.205. The van der Waals surface area contributed by atoms with Crippen molar-refractivity contribution in [2.45, 2.75) is 13.3 Å². The molecule has 0 unspecified atom stereocenters. The van der Waals surface area contributed by atoms with E-state index in [1.165, 1.54) is 12.3 Å². The van der Waals surface area contributed by atoms with E-state index in [0.717, 1.165) is 11.3 Å². The summed E-state index contributed by atoms with van der Waals surface area (Å²) in [6.45, 7) is 2.47. The quantitative estimate of drug-likeness (QED) is 0.685. The summed E-state index contributed by atoms with van der Waals surface area (Å²) < 4.78 is 13.6. The van der Waals surface area contributed by atoms with Crippen LogP contribution in [0, 0.1) is 12.7 Å². The summed E-state index contributed by atoms with van der Waals surface area (Å²) in [5.41, 5.74) is 2.43. The summed E-state index contributed by atoms with van der Waals surface area (Å²) >= 11 is 6.11. The largest absolute Gasteiger partial charge is 0.368 e. The lowest BCUT2D eigenvalue weighted by molar-refractivity contribution is 0.610. The van der Waals surface area contributed by atoms with Crippen LogP contribution < -0.4 is 10.6 Å². The minimum Gasteiger partial charge on any atom is -0.368 e. The third-order valence-electron chi connectivity index (χ3n) is 3.65. The van der Waals surface area contributed by atoms with Crippen LogP contribution in [0.3, 0.4) is 0 Å². The molecule has 0 fully saturated rings. The number of aryl methyl sites for hydroxylation is 1. The van der Waals surface area contributed by atoms with Gasteiger partial charge in [-0.05, 0) is 42.7 Å². The molecule has 1 aromatic heterocycles. The van der Waals surface area contributed by atoms with Crippen LogP contribution in [0.5, 0.6) is 0 Å². The van der Waals surface area contributed by atoms with Gasteiger partial charge in [0.05, 0.1) is 6.20 Å². The van der Waals surface area contributed by atoms with Crippen molar-refractivity contribution in [2.75, 3.05) is 17.2 Å². The fraction of sp³-hybridized carbons (Fsp3) is 0.167. The molecule has 0 saturated carbocycles. The Kier molecular flexibility index (Phi) is 5.40. The second kappa shape index (κ2) is 7.90. The van der Waals surface area contributed by atoms with E-state index in [9.17, 15) is 4.39 Å². The number of halogens is 2. The monoisotopic (exact) mass is 357 g/mol. The average molecular weight is 358 g/mol. The lowest BCUT2D eigenvalue weighted by Gasteiger charge is -2.09. The zero-order valence-electron chi connectivity index (χ0n) is 13.6. The molecule has 3 aromatic rings. The zero-order chi connectivity index (χ0) is 17.6. The highest BCUT2D eigenvalue weighted by Crippen LogP contribution is 2.22. The molecule has 0 aliphatic heterocycles. The molecule has 0 amide bonds. The molecule has 0 bridgehead atoms. The first-order chi connectivity index (χ1) is 12.1. The highest BCUT2D eigenvalue weighted by Gasteiger charge is 2.04. The zero-order valence-corrected chi connectivity index (χ0v) is 14.4. The highest BCUT2D eigenvalue weighted by atomic mass is 35.5. The van der Waals surface area contributed by atoms with E-state index in [1.807, 2.05) is 25.1 Å². The van der Waals surface area contributed by atoms with Gasteiger partial charge in [-0.3, -0.25) is 0 Å². The van der Waals surface area contributed by atoms with E-state index < -0.39 is 0 Å². The molecule has 5 nitrogen and oxygen atoms in total. The van der Waals surface area contributed by atoms with Crippen molar-refractivity contribution >= 4 is 29.1 Å². The number of rotatable bonds is 6. The maximum absolute atomic E-state index is 13.6. The van der Waals surface area contributed by atoms with Gasteiger partial charge in [-0.1, -0.05) is 35.9 Å². The Morgan fingerprint density at radius 2 is 2.00 bits per heavy atom. The van der Waals surface area contributed by atoms with Crippen LogP contribution >= 0.6 is 11.6 Å². The minimum absolute atomic E-state index is 0.205. The van der Waals surface area contributed by atoms with Crippen LogP contribution in [0.15, 0.2) is 48.7 Å². The summed E-state index contributed by atoms with van der Waals surface area (Å²) in [5, 5.41) is 14.7. The SMILES string of the molecule is Cc1ccc(Nc2nncc(NCCc3ccccc3F)n2)cc1Cl. The Hall–Kier alpha value is -2.73. The first-order valence-electron chi connectivity index (χ1n) is 7.82. The highest BCUT2D eigenvalue weighted by molar-refractivity contribution is 6.31. The topological polar surface area (TPSA) is 62.7 Å². The molecule has 3 rings (SSSR count). The van der Waals surface area contributed by atoms with Gasteiger partial charge in [0.2, 0.25) is 5.95 Å². The maximum atomic E-state index is 13.6. The van der Waals surface area contributed by atoms with Crippen LogP contribution in [0.2, 0.25) is 5.02 Å². The predicted octanol–water partition coefficient (Wildman–Crippen LogP) is 4.37. The van der Waals surface area contributed by atoms with E-state index in [2.05, 4.69) is 25.8 Å². The summed E-state index contributed by atoms with van der Waals surface area (Å²) in [6, 6.07) is 12.3. The lowest BCUT2D eigenvalue weighted by atomic mass is 10.1. The average Bonchev–Trinajstić information content (AvgIpc) is 2.60. The van der Waals surface area contributed by atoms with Crippen molar-refractivity contribution in [1.29, 1.82) is 0 Å². The van der Waals surface area contributed by atoms with Crippen molar-refractivity contribution in [3.05, 3.63) is 70.6 Å². The van der Waals surface area contributed by atoms with E-state index >= 15 is 0 Å². The van der Waals surface area contributed by atoms with Crippen LogP contribution in [0.1, 0.15) is 11.1 Å². The number of hydrogen-bond acceptors (Lipinski definition) is 5. The first-order valence-corrected chi connectivity index (χ1v) is 8.20. The van der Waals surface area contributed by atoms with Gasteiger partial charge in [0.25, 0.3) is 0 Å². The van der Waals surface area contributed by atoms with Crippen molar-refractivity contribution < 1.29 is 4.39 Å². The van der Waals surface area contributed by atoms with Gasteiger partial charge in [0.15, 0.2) is 5.82 Å². The van der Waals surface area contributed by atoms with Gasteiger partial charge in [0, 0.05) is 17.3 Å². The number of nitrogens with zero attached hydrogens (tertiary/aromatic N) is 3. The molecule has 1 heterocycles. The van der Waals surface area contributed by atoms with E-state index in [4.69, 9.17) is 11.6 Å². The van der Waals surface area contributed by atoms with Crippen LogP contribution in [0.25, 0.3) is 0 Å². The van der Waals surface area contributed by atoms with Gasteiger partial charge < -0.3 is 10.6 Å². The molecule has 0 aliphatic carbocycles. The smallest absolute Gasteiger partial charge is 0.249 e. The normalized spacial score (nSPS) is 10.5. The Bertz CT molecular complexity index is 872. The number of anilines is 3. The molecule has 2 N–H and O–H groups in total. The maximum Gasteiger partial charge on any atom is 0.249 e. The van der Waals surface area contributed by atoms with Crippen molar-refractivity contribution in [3.8, 4) is 0 Å². The Labute approximate surface area is 150 Å². The summed E-state index contributed by atoms with van der Waals surface area (Å²) in [7, 11) is 0. The van der Waals surface area contributed by atoms with Gasteiger partial charge >= 0.3 is 0 Å². The van der Waals surface area contributed by atoms with Gasteiger partial charge in [-0.25, -0.2) is 4.39 Å². The fourth-order valence-electron chi connectivity index (χ4n) is 2.27. The summed E-state index contributed by atoms with van der Waals surface area (Å²) in [4.78, 5) is 4.34. The van der Waals surface area contributed by atoms with Crippen molar-refractivity contribution in [1.82, 2.24) is 15.2 Å². The number of hydrogen-bond donors (Lipinski definition) is 2. The number of benzene rings is 2. The Morgan fingerprint density at radius 3 is 2.80 bits per heavy atom. The summed E-state index contributed by atoms with van der Waals surface area (Å²) in [5.74, 6) is 0.714. The molecular formula is C18H17ClFN5. The molecule has 0 saturated heterocycles. The van der Waals surface area contributed by atoms with E-state index in [1.54, 1.807) is 18.2 Å². The summed E-state index contributed by atoms with van der Waals surface area (Å²) in [6.07, 6.45) is 2.07. The second-order valence-corrected chi connectivity index (χ2v) is 5.93. The molecule has 0 radical (unpaired) electrons. The first kappa shape index (κ1) is 17.1. The molecule has 25 heavy (non-hydrogen) atoms. The molecule has 0 atom stereocenters. The van der Waals surface area contributed by atoms with Crippen LogP contribution in [-0.4, -0.2) is 21.7 Å². The van der Waals surface area contributed by atoms with E-state index in [0.29, 0.717) is 35.3 Å². The number of nitrogens with one attached hydrogen (secondary N) is 2. The number of aromatic nitrogens is 3. The molecule has 0 aliphatic rings. The Morgan fingerprint density at radius 1 is 1.16 bits per heavy atom. The third-order valence-corrected chi connectivity index (χ3v) is 4.05. The standard InChI is InChI=1S/C18H17ClFN5/c1-12-6-7-14(10-15(12)19)23-18-24-17(11-22-25-18)21-9-8-13-4-2-3-5-16(13)20/h2-7,10-11H,8-9H2,1H3,(H2,21,23,24,25). The molecule has 0 spiro atoms. The van der Waals surface area contributed by atoms with Gasteiger partial charge in [0.1, 0.15) is 5.82 Å². The Balaban J connectivity index is 1.61.